The highest BCUT2D eigenvalue weighted by atomic mass is 16.3. The van der Waals surface area contributed by atoms with Crippen LogP contribution in [0.2, 0.25) is 0 Å². The Morgan fingerprint density at radius 2 is 2.07 bits per heavy atom. The Bertz CT molecular complexity index is 271. The van der Waals surface area contributed by atoms with Crippen LogP contribution in [0, 0.1) is 0 Å². The normalized spacial score (nSPS) is 14.7. The van der Waals surface area contributed by atoms with Crippen molar-refractivity contribution in [3.8, 4) is 0 Å². The molecule has 1 aromatic carbocycles. The molecule has 0 unspecified atom stereocenters. The first kappa shape index (κ1) is 11.0. The monoisotopic (exact) mass is 191 g/mol. The van der Waals surface area contributed by atoms with E-state index in [4.69, 9.17) is 0 Å². The SMILES string of the molecule is C=CCN[C@@H](C)[C@H](O)c1ccccc1. The van der Waals surface area contributed by atoms with E-state index in [2.05, 4.69) is 11.9 Å². The molecule has 76 valence electrons. The number of hydrogen-bond acceptors (Lipinski definition) is 2. The van der Waals surface area contributed by atoms with Crippen molar-refractivity contribution in [1.82, 2.24) is 5.32 Å². The topological polar surface area (TPSA) is 32.3 Å². The Hall–Kier alpha value is -1.12. The molecule has 0 aromatic heterocycles. The Kier molecular flexibility index (Phi) is 4.36. The number of hydrogen-bond donors (Lipinski definition) is 2. The summed E-state index contributed by atoms with van der Waals surface area (Å²) in [5, 5.41) is 13.1. The van der Waals surface area contributed by atoms with Crippen LogP contribution in [0.3, 0.4) is 0 Å². The minimum Gasteiger partial charge on any atom is -0.387 e. The Morgan fingerprint density at radius 3 is 2.64 bits per heavy atom. The van der Waals surface area contributed by atoms with Gasteiger partial charge in [0.05, 0.1) is 6.10 Å². The van der Waals surface area contributed by atoms with E-state index in [9.17, 15) is 5.11 Å². The van der Waals surface area contributed by atoms with Crippen LogP contribution in [0.5, 0.6) is 0 Å². The number of nitrogens with one attached hydrogen (secondary N) is 1. The zero-order valence-electron chi connectivity index (χ0n) is 8.48. The molecule has 0 fully saturated rings. The summed E-state index contributed by atoms with van der Waals surface area (Å²) in [5.41, 5.74) is 0.941. The molecule has 2 atom stereocenters. The van der Waals surface area contributed by atoms with Gasteiger partial charge in [0, 0.05) is 12.6 Å². The van der Waals surface area contributed by atoms with E-state index in [1.165, 1.54) is 0 Å². The van der Waals surface area contributed by atoms with Crippen molar-refractivity contribution in [3.05, 3.63) is 48.6 Å². The van der Waals surface area contributed by atoms with Gasteiger partial charge < -0.3 is 10.4 Å². The van der Waals surface area contributed by atoms with E-state index >= 15 is 0 Å². The average molecular weight is 191 g/mol. The summed E-state index contributed by atoms with van der Waals surface area (Å²) in [4.78, 5) is 0. The number of aliphatic hydroxyl groups excluding tert-OH is 1. The number of rotatable bonds is 5. The molecule has 2 N–H and O–H groups in total. The lowest BCUT2D eigenvalue weighted by molar-refractivity contribution is 0.138. The van der Waals surface area contributed by atoms with E-state index in [1.807, 2.05) is 37.3 Å². The van der Waals surface area contributed by atoms with E-state index < -0.39 is 6.10 Å². The molecule has 0 amide bonds. The van der Waals surface area contributed by atoms with Gasteiger partial charge >= 0.3 is 0 Å². The summed E-state index contributed by atoms with van der Waals surface area (Å²) in [6.45, 7) is 6.29. The van der Waals surface area contributed by atoms with Gasteiger partial charge in [0.25, 0.3) is 0 Å². The molecule has 2 heteroatoms. The second-order valence-corrected chi connectivity index (χ2v) is 3.34. The van der Waals surface area contributed by atoms with Crippen LogP contribution < -0.4 is 5.32 Å². The fourth-order valence-electron chi connectivity index (χ4n) is 1.32. The number of aliphatic hydroxyl groups is 1. The van der Waals surface area contributed by atoms with Crippen molar-refractivity contribution in [2.75, 3.05) is 6.54 Å². The molecule has 0 heterocycles. The second-order valence-electron chi connectivity index (χ2n) is 3.34. The first-order chi connectivity index (χ1) is 6.75. The van der Waals surface area contributed by atoms with E-state index in [0.29, 0.717) is 6.54 Å². The largest absolute Gasteiger partial charge is 0.387 e. The van der Waals surface area contributed by atoms with Crippen LogP contribution in [-0.4, -0.2) is 17.7 Å². The molecule has 0 spiro atoms. The minimum atomic E-state index is -0.462. The molecule has 1 aromatic rings. The van der Waals surface area contributed by atoms with Crippen LogP contribution in [-0.2, 0) is 0 Å². The van der Waals surface area contributed by atoms with Crippen LogP contribution in [0.15, 0.2) is 43.0 Å². The van der Waals surface area contributed by atoms with Crippen LogP contribution in [0.25, 0.3) is 0 Å². The van der Waals surface area contributed by atoms with Crippen molar-refractivity contribution >= 4 is 0 Å². The molecule has 0 saturated carbocycles. The van der Waals surface area contributed by atoms with Gasteiger partial charge in [-0.15, -0.1) is 6.58 Å². The maximum atomic E-state index is 9.92. The highest BCUT2D eigenvalue weighted by Gasteiger charge is 2.14. The highest BCUT2D eigenvalue weighted by molar-refractivity contribution is 5.18. The van der Waals surface area contributed by atoms with Gasteiger partial charge in [-0.05, 0) is 12.5 Å². The summed E-state index contributed by atoms with van der Waals surface area (Å²) in [6, 6.07) is 9.69. The van der Waals surface area contributed by atoms with Crippen molar-refractivity contribution in [1.29, 1.82) is 0 Å². The lowest BCUT2D eigenvalue weighted by atomic mass is 10.0. The summed E-state index contributed by atoms with van der Waals surface area (Å²) in [5.74, 6) is 0. The molecule has 0 aliphatic rings. The maximum absolute atomic E-state index is 9.92. The van der Waals surface area contributed by atoms with Crippen molar-refractivity contribution in [2.24, 2.45) is 0 Å². The van der Waals surface area contributed by atoms with Gasteiger partial charge in [-0.25, -0.2) is 0 Å². The van der Waals surface area contributed by atoms with Gasteiger partial charge in [-0.2, -0.15) is 0 Å². The summed E-state index contributed by atoms with van der Waals surface area (Å²) >= 11 is 0. The summed E-state index contributed by atoms with van der Waals surface area (Å²) < 4.78 is 0. The molecule has 0 saturated heterocycles. The maximum Gasteiger partial charge on any atom is 0.0940 e. The van der Waals surface area contributed by atoms with Gasteiger partial charge in [0.1, 0.15) is 0 Å². The molecule has 0 bridgehead atoms. The van der Waals surface area contributed by atoms with E-state index in [-0.39, 0.29) is 6.04 Å². The third kappa shape index (κ3) is 2.98. The van der Waals surface area contributed by atoms with Crippen LogP contribution in [0.1, 0.15) is 18.6 Å². The van der Waals surface area contributed by atoms with Gasteiger partial charge in [0.2, 0.25) is 0 Å². The molecule has 2 nitrogen and oxygen atoms in total. The summed E-state index contributed by atoms with van der Waals surface area (Å²) in [6.07, 6.45) is 1.32. The van der Waals surface area contributed by atoms with Crippen LogP contribution in [0.4, 0.5) is 0 Å². The fraction of sp³-hybridized carbons (Fsp3) is 0.333. The third-order valence-corrected chi connectivity index (χ3v) is 2.20. The van der Waals surface area contributed by atoms with Gasteiger partial charge in [-0.1, -0.05) is 36.4 Å². The molecule has 14 heavy (non-hydrogen) atoms. The highest BCUT2D eigenvalue weighted by Crippen LogP contribution is 2.15. The lowest BCUT2D eigenvalue weighted by Crippen LogP contribution is -2.32. The second kappa shape index (κ2) is 5.58. The Balaban J connectivity index is 2.56. The molecular weight excluding hydrogens is 174 g/mol. The predicted molar refractivity (Wildman–Crippen MR) is 59.1 cm³/mol. The van der Waals surface area contributed by atoms with E-state index in [1.54, 1.807) is 6.08 Å². The molecule has 0 aliphatic heterocycles. The molecule has 0 aliphatic carbocycles. The molecule has 0 radical (unpaired) electrons. The van der Waals surface area contributed by atoms with Crippen molar-refractivity contribution in [2.45, 2.75) is 19.1 Å². The average Bonchev–Trinajstić information content (AvgIpc) is 2.26. The standard InChI is InChI=1S/C12H17NO/c1-3-9-13-10(2)12(14)11-7-5-4-6-8-11/h3-8,10,12-14H,1,9H2,2H3/t10-,12-/m0/s1. The predicted octanol–water partition coefficient (Wildman–Crippen LogP) is 1.88. The van der Waals surface area contributed by atoms with E-state index in [0.717, 1.165) is 5.56 Å². The Labute approximate surface area is 85.3 Å². The molecular formula is C12H17NO. The van der Waals surface area contributed by atoms with Gasteiger partial charge in [0.15, 0.2) is 0 Å². The first-order valence-corrected chi connectivity index (χ1v) is 4.83. The Morgan fingerprint density at radius 1 is 1.43 bits per heavy atom. The summed E-state index contributed by atoms with van der Waals surface area (Å²) in [7, 11) is 0. The van der Waals surface area contributed by atoms with Gasteiger partial charge in [-0.3, -0.25) is 0 Å². The lowest BCUT2D eigenvalue weighted by Gasteiger charge is -2.19. The zero-order valence-corrected chi connectivity index (χ0v) is 8.48. The van der Waals surface area contributed by atoms with Crippen molar-refractivity contribution in [3.63, 3.8) is 0 Å². The fourth-order valence-corrected chi connectivity index (χ4v) is 1.32. The molecule has 1 rings (SSSR count). The smallest absolute Gasteiger partial charge is 0.0940 e. The minimum absolute atomic E-state index is 0.0374. The quantitative estimate of drug-likeness (QED) is 0.696. The first-order valence-electron chi connectivity index (χ1n) is 4.83. The number of benzene rings is 1. The third-order valence-electron chi connectivity index (χ3n) is 2.20. The zero-order chi connectivity index (χ0) is 10.4. The van der Waals surface area contributed by atoms with Crippen molar-refractivity contribution < 1.29 is 5.11 Å². The van der Waals surface area contributed by atoms with Crippen LogP contribution >= 0.6 is 0 Å².